The van der Waals surface area contributed by atoms with E-state index in [1.165, 1.54) is 12.1 Å². The molecule has 0 fully saturated rings. The van der Waals surface area contributed by atoms with Gasteiger partial charge in [-0.1, -0.05) is 24.3 Å². The number of nitrogens with one attached hydrogen (secondary N) is 2. The van der Waals surface area contributed by atoms with Gasteiger partial charge >= 0.3 is 5.97 Å². The number of carbonyl (C=O) groups is 1. The van der Waals surface area contributed by atoms with Crippen molar-refractivity contribution in [3.8, 4) is 5.75 Å². The van der Waals surface area contributed by atoms with Crippen molar-refractivity contribution >= 4 is 23.3 Å². The van der Waals surface area contributed by atoms with Crippen LogP contribution in [0.2, 0.25) is 0 Å². The Kier molecular flexibility index (Phi) is 7.97. The molecule has 0 saturated carbocycles. The number of thiocarbonyl (C=S) groups is 1. The van der Waals surface area contributed by atoms with Crippen LogP contribution in [0, 0.1) is 5.82 Å². The Labute approximate surface area is 186 Å². The van der Waals surface area contributed by atoms with E-state index < -0.39 is 12.0 Å². The summed E-state index contributed by atoms with van der Waals surface area (Å²) < 4.78 is 29.4. The van der Waals surface area contributed by atoms with E-state index in [9.17, 15) is 9.18 Å². The largest absolute Gasteiger partial charge is 0.489 e. The molecule has 2 aromatic rings. The number of ether oxygens (including phenoxy) is 3. The Hall–Kier alpha value is -2.97. The van der Waals surface area contributed by atoms with Crippen LogP contribution in [-0.4, -0.2) is 30.9 Å². The number of halogens is 1. The first-order valence-corrected chi connectivity index (χ1v) is 10.4. The Balaban J connectivity index is 1.69. The van der Waals surface area contributed by atoms with Gasteiger partial charge in [0.25, 0.3) is 0 Å². The highest BCUT2D eigenvalue weighted by molar-refractivity contribution is 7.80. The number of esters is 1. The summed E-state index contributed by atoms with van der Waals surface area (Å²) in [5.41, 5.74) is 2.82. The minimum absolute atomic E-state index is 0.177. The van der Waals surface area contributed by atoms with Crippen LogP contribution in [0.5, 0.6) is 5.75 Å². The van der Waals surface area contributed by atoms with E-state index in [0.29, 0.717) is 42.0 Å². The monoisotopic (exact) mass is 444 g/mol. The molecule has 0 aromatic heterocycles. The Bertz CT molecular complexity index is 945. The second kappa shape index (κ2) is 10.9. The second-order valence-corrected chi connectivity index (χ2v) is 7.30. The summed E-state index contributed by atoms with van der Waals surface area (Å²) in [5, 5.41) is 6.55. The summed E-state index contributed by atoms with van der Waals surface area (Å²) in [6.07, 6.45) is 0. The molecule has 3 rings (SSSR count). The maximum Gasteiger partial charge on any atom is 0.338 e. The smallest absolute Gasteiger partial charge is 0.338 e. The fourth-order valence-electron chi connectivity index (χ4n) is 3.13. The number of benzene rings is 2. The molecule has 0 aliphatic carbocycles. The van der Waals surface area contributed by atoms with Crippen LogP contribution in [0.3, 0.4) is 0 Å². The summed E-state index contributed by atoms with van der Waals surface area (Å²) in [5.74, 6) is -0.0523. The highest BCUT2D eigenvalue weighted by atomic mass is 32.1. The average Bonchev–Trinajstić information content (AvgIpc) is 2.76. The van der Waals surface area contributed by atoms with Crippen LogP contribution >= 0.6 is 12.2 Å². The van der Waals surface area contributed by atoms with Crippen molar-refractivity contribution < 1.29 is 23.4 Å². The Morgan fingerprint density at radius 3 is 2.48 bits per heavy atom. The summed E-state index contributed by atoms with van der Waals surface area (Å²) in [4.78, 5) is 12.7. The van der Waals surface area contributed by atoms with E-state index in [-0.39, 0.29) is 12.4 Å². The zero-order chi connectivity index (χ0) is 22.2. The summed E-state index contributed by atoms with van der Waals surface area (Å²) in [6, 6.07) is 13.1. The molecule has 0 radical (unpaired) electrons. The second-order valence-electron chi connectivity index (χ2n) is 6.89. The summed E-state index contributed by atoms with van der Waals surface area (Å²) >= 11 is 5.27. The molecule has 0 spiro atoms. The number of hydrogen-bond acceptors (Lipinski definition) is 5. The van der Waals surface area contributed by atoms with Crippen molar-refractivity contribution in [3.63, 3.8) is 0 Å². The first kappa shape index (κ1) is 22.7. The lowest BCUT2D eigenvalue weighted by Crippen LogP contribution is -2.45. The molecule has 164 valence electrons. The lowest BCUT2D eigenvalue weighted by molar-refractivity contribution is -0.141. The number of rotatable bonds is 9. The molecule has 1 atom stereocenters. The van der Waals surface area contributed by atoms with Crippen molar-refractivity contribution in [2.45, 2.75) is 26.5 Å². The Morgan fingerprint density at radius 1 is 1.10 bits per heavy atom. The normalized spacial score (nSPS) is 15.8. The lowest BCUT2D eigenvalue weighted by atomic mass is 9.95. The van der Waals surface area contributed by atoms with Gasteiger partial charge in [0.1, 0.15) is 24.8 Å². The Morgan fingerprint density at radius 2 is 1.81 bits per heavy atom. The highest BCUT2D eigenvalue weighted by Gasteiger charge is 2.30. The van der Waals surface area contributed by atoms with Gasteiger partial charge in [0.05, 0.1) is 18.2 Å². The maximum absolute atomic E-state index is 13.0. The topological polar surface area (TPSA) is 68.8 Å². The number of allylic oxidation sites excluding steroid dienone is 1. The van der Waals surface area contributed by atoms with Crippen molar-refractivity contribution in [3.05, 3.63) is 76.7 Å². The van der Waals surface area contributed by atoms with Crippen LogP contribution in [0.25, 0.3) is 0 Å². The molecule has 8 heteroatoms. The fraction of sp³-hybridized carbons (Fsp3) is 0.304. The lowest BCUT2D eigenvalue weighted by Gasteiger charge is -2.30. The van der Waals surface area contributed by atoms with E-state index in [1.54, 1.807) is 19.1 Å². The minimum atomic E-state index is -0.445. The third kappa shape index (κ3) is 6.26. The molecular weight excluding hydrogens is 419 g/mol. The van der Waals surface area contributed by atoms with Gasteiger partial charge in [0.2, 0.25) is 0 Å². The number of carbonyl (C=O) groups excluding carboxylic acids is 1. The molecule has 1 aliphatic rings. The van der Waals surface area contributed by atoms with Gasteiger partial charge in [-0.05, 0) is 61.5 Å². The first-order chi connectivity index (χ1) is 15.0. The fourth-order valence-corrected chi connectivity index (χ4v) is 3.40. The van der Waals surface area contributed by atoms with E-state index in [4.69, 9.17) is 26.4 Å². The molecule has 2 N–H and O–H groups in total. The number of hydrogen-bond donors (Lipinski definition) is 2. The van der Waals surface area contributed by atoms with Crippen molar-refractivity contribution in [1.29, 1.82) is 0 Å². The molecule has 2 aromatic carbocycles. The standard InChI is InChI=1S/C23H25FN2O4S/c1-3-28-12-13-29-22(27)20-15(2)25-23(31)26-21(20)17-6-10-19(11-7-17)30-14-16-4-8-18(24)9-5-16/h4-11,21H,3,12-14H2,1-2H3,(H2,25,26,31). The molecule has 0 saturated heterocycles. The van der Waals surface area contributed by atoms with Gasteiger partial charge in [-0.15, -0.1) is 0 Å². The van der Waals surface area contributed by atoms with Crippen molar-refractivity contribution in [2.75, 3.05) is 19.8 Å². The summed E-state index contributed by atoms with van der Waals surface area (Å²) in [6.45, 7) is 5.09. The minimum Gasteiger partial charge on any atom is -0.489 e. The average molecular weight is 445 g/mol. The molecule has 31 heavy (non-hydrogen) atoms. The molecule has 0 bridgehead atoms. The molecule has 0 amide bonds. The van der Waals surface area contributed by atoms with Gasteiger partial charge in [-0.25, -0.2) is 9.18 Å². The van der Waals surface area contributed by atoms with Gasteiger partial charge in [0.15, 0.2) is 5.11 Å². The van der Waals surface area contributed by atoms with Gasteiger partial charge < -0.3 is 24.8 Å². The molecule has 1 unspecified atom stereocenters. The van der Waals surface area contributed by atoms with Gasteiger partial charge in [0, 0.05) is 12.3 Å². The molecule has 6 nitrogen and oxygen atoms in total. The third-order valence-electron chi connectivity index (χ3n) is 4.69. The van der Waals surface area contributed by atoms with E-state index in [2.05, 4.69) is 10.6 Å². The van der Waals surface area contributed by atoms with E-state index >= 15 is 0 Å². The molecule has 1 heterocycles. The summed E-state index contributed by atoms with van der Waals surface area (Å²) in [7, 11) is 0. The SMILES string of the molecule is CCOCCOC(=O)C1=C(C)NC(=S)NC1c1ccc(OCc2ccc(F)cc2)cc1. The molecule has 1 aliphatic heterocycles. The van der Waals surface area contributed by atoms with Crippen LogP contribution in [0.4, 0.5) is 4.39 Å². The maximum atomic E-state index is 13.0. The van der Waals surface area contributed by atoms with E-state index in [1.807, 2.05) is 31.2 Å². The van der Waals surface area contributed by atoms with E-state index in [0.717, 1.165) is 11.1 Å². The third-order valence-corrected chi connectivity index (χ3v) is 4.91. The van der Waals surface area contributed by atoms with Gasteiger partial charge in [-0.3, -0.25) is 0 Å². The molecular formula is C23H25FN2O4S. The van der Waals surface area contributed by atoms with Crippen molar-refractivity contribution in [2.24, 2.45) is 0 Å². The van der Waals surface area contributed by atoms with Crippen LogP contribution in [-0.2, 0) is 20.9 Å². The first-order valence-electron chi connectivity index (χ1n) is 9.98. The van der Waals surface area contributed by atoms with Crippen LogP contribution in [0.1, 0.15) is 31.0 Å². The predicted molar refractivity (Wildman–Crippen MR) is 119 cm³/mol. The van der Waals surface area contributed by atoms with Crippen LogP contribution in [0.15, 0.2) is 59.8 Å². The predicted octanol–water partition coefficient (Wildman–Crippen LogP) is 3.78. The van der Waals surface area contributed by atoms with Crippen molar-refractivity contribution in [1.82, 2.24) is 10.6 Å². The quantitative estimate of drug-likeness (QED) is 0.347. The van der Waals surface area contributed by atoms with Gasteiger partial charge in [-0.2, -0.15) is 0 Å². The highest BCUT2D eigenvalue weighted by Crippen LogP contribution is 2.29. The zero-order valence-electron chi connectivity index (χ0n) is 17.4. The zero-order valence-corrected chi connectivity index (χ0v) is 18.3. The van der Waals surface area contributed by atoms with Crippen LogP contribution < -0.4 is 15.4 Å².